The molecule has 0 saturated carbocycles. The number of rotatable bonds is 3. The summed E-state index contributed by atoms with van der Waals surface area (Å²) in [4.78, 5) is 22.0. The van der Waals surface area contributed by atoms with Crippen LogP contribution in [0.3, 0.4) is 0 Å². The van der Waals surface area contributed by atoms with Gasteiger partial charge in [0.05, 0.1) is 11.0 Å². The number of hydrogen-bond donors (Lipinski definition) is 2. The molecule has 0 saturated heterocycles. The average Bonchev–Trinajstić information content (AvgIpc) is 3.29. The summed E-state index contributed by atoms with van der Waals surface area (Å²) in [6, 6.07) is 20.5. The Morgan fingerprint density at radius 3 is 2.72 bits per heavy atom. The summed E-state index contributed by atoms with van der Waals surface area (Å²) in [5, 5.41) is 12.1. The summed E-state index contributed by atoms with van der Waals surface area (Å²) in [5.74, 6) is 0.0803. The number of aromatic nitrogens is 2. The minimum atomic E-state index is -1.63. The third-order valence-electron chi connectivity index (χ3n) is 5.62. The topological polar surface area (TPSA) is 69.2 Å². The van der Waals surface area contributed by atoms with Gasteiger partial charge in [-0.05, 0) is 41.8 Å². The van der Waals surface area contributed by atoms with E-state index in [0.717, 1.165) is 11.1 Å². The molecule has 1 amide bonds. The molecule has 1 aromatic heterocycles. The van der Waals surface area contributed by atoms with E-state index in [1.54, 1.807) is 18.2 Å². The molecule has 2 heterocycles. The molecule has 1 radical (unpaired) electrons. The largest absolute Gasteiger partial charge is 0.363 e. The fourth-order valence-corrected chi connectivity index (χ4v) is 4.07. The zero-order valence-corrected chi connectivity index (χ0v) is 16.2. The van der Waals surface area contributed by atoms with Gasteiger partial charge in [0.25, 0.3) is 5.91 Å². The molecule has 5 rings (SSSR count). The van der Waals surface area contributed by atoms with E-state index in [9.17, 15) is 9.90 Å². The quantitative estimate of drug-likeness (QED) is 0.554. The van der Waals surface area contributed by atoms with Crippen molar-refractivity contribution in [2.45, 2.75) is 25.5 Å². The van der Waals surface area contributed by atoms with Crippen molar-refractivity contribution in [2.75, 3.05) is 4.90 Å². The molecule has 5 heteroatoms. The number of amides is 1. The molecule has 29 heavy (non-hydrogen) atoms. The van der Waals surface area contributed by atoms with E-state index < -0.39 is 5.72 Å². The van der Waals surface area contributed by atoms with Crippen molar-refractivity contribution in [1.29, 1.82) is 0 Å². The van der Waals surface area contributed by atoms with Crippen molar-refractivity contribution >= 4 is 22.6 Å². The van der Waals surface area contributed by atoms with Crippen molar-refractivity contribution < 1.29 is 9.90 Å². The van der Waals surface area contributed by atoms with Gasteiger partial charge >= 0.3 is 0 Å². The predicted molar refractivity (Wildman–Crippen MR) is 112 cm³/mol. The molecule has 1 unspecified atom stereocenters. The summed E-state index contributed by atoms with van der Waals surface area (Å²) in [6.07, 6.45) is 2.72. The summed E-state index contributed by atoms with van der Waals surface area (Å²) in [6.45, 7) is 4.21. The first-order valence-corrected chi connectivity index (χ1v) is 9.63. The smallest absolute Gasteiger partial charge is 0.261 e. The van der Waals surface area contributed by atoms with Gasteiger partial charge in [0, 0.05) is 22.4 Å². The van der Waals surface area contributed by atoms with Crippen molar-refractivity contribution in [1.82, 2.24) is 9.97 Å². The highest BCUT2D eigenvalue weighted by atomic mass is 16.3. The van der Waals surface area contributed by atoms with Gasteiger partial charge < -0.3 is 10.1 Å². The number of H-pyrrole nitrogens is 1. The van der Waals surface area contributed by atoms with Crippen LogP contribution in [0, 0.1) is 6.33 Å². The summed E-state index contributed by atoms with van der Waals surface area (Å²) in [5.41, 5.74) is 3.29. The van der Waals surface area contributed by atoms with Gasteiger partial charge in [-0.25, -0.2) is 4.98 Å². The third kappa shape index (κ3) is 2.51. The Labute approximate surface area is 168 Å². The number of aromatic amines is 1. The summed E-state index contributed by atoms with van der Waals surface area (Å²) >= 11 is 0. The maximum Gasteiger partial charge on any atom is 0.261 e. The van der Waals surface area contributed by atoms with Gasteiger partial charge in [-0.15, -0.1) is 0 Å². The lowest BCUT2D eigenvalue weighted by Crippen LogP contribution is -2.45. The highest BCUT2D eigenvalue weighted by Gasteiger charge is 2.50. The number of fused-ring (bicyclic) bond motifs is 2. The maximum atomic E-state index is 13.4. The van der Waals surface area contributed by atoms with E-state index >= 15 is 0 Å². The van der Waals surface area contributed by atoms with Gasteiger partial charge in [0.1, 0.15) is 0 Å². The Morgan fingerprint density at radius 2 is 1.90 bits per heavy atom. The third-order valence-corrected chi connectivity index (χ3v) is 5.62. The van der Waals surface area contributed by atoms with Crippen LogP contribution in [0.4, 0.5) is 5.69 Å². The van der Waals surface area contributed by atoms with Crippen LogP contribution in [-0.4, -0.2) is 21.0 Å². The molecule has 0 fully saturated rings. The number of hydrogen-bond acceptors (Lipinski definition) is 3. The van der Waals surface area contributed by atoms with E-state index in [-0.39, 0.29) is 5.91 Å². The van der Waals surface area contributed by atoms with Crippen LogP contribution in [0.1, 0.15) is 46.8 Å². The van der Waals surface area contributed by atoms with Crippen molar-refractivity contribution in [2.24, 2.45) is 0 Å². The Balaban J connectivity index is 1.77. The molecule has 0 spiro atoms. The molecule has 5 nitrogen and oxygen atoms in total. The van der Waals surface area contributed by atoms with Gasteiger partial charge in [0.15, 0.2) is 12.1 Å². The Hall–Kier alpha value is -3.44. The molecular formula is C24H20N3O2. The Morgan fingerprint density at radius 1 is 1.07 bits per heavy atom. The van der Waals surface area contributed by atoms with Crippen LogP contribution in [0.2, 0.25) is 0 Å². The SMILES string of the molecule is CC(C)c1cccc(N2C(=O)c3ccccc3C2(O)c2ccc3[nH][c]nc3c2)c1. The van der Waals surface area contributed by atoms with E-state index in [0.29, 0.717) is 33.8 Å². The predicted octanol–water partition coefficient (Wildman–Crippen LogP) is 4.34. The summed E-state index contributed by atoms with van der Waals surface area (Å²) < 4.78 is 0. The fourth-order valence-electron chi connectivity index (χ4n) is 4.07. The number of nitrogens with zero attached hydrogens (tertiary/aromatic N) is 2. The monoisotopic (exact) mass is 382 g/mol. The van der Waals surface area contributed by atoms with E-state index in [1.807, 2.05) is 48.5 Å². The average molecular weight is 382 g/mol. The molecule has 1 aliphatic rings. The zero-order chi connectivity index (χ0) is 20.2. The normalized spacial score (nSPS) is 18.6. The second-order valence-corrected chi connectivity index (χ2v) is 7.69. The fraction of sp³-hybridized carbons (Fsp3) is 0.167. The van der Waals surface area contributed by atoms with Crippen LogP contribution in [0.25, 0.3) is 11.0 Å². The summed E-state index contributed by atoms with van der Waals surface area (Å²) in [7, 11) is 0. The first kappa shape index (κ1) is 17.6. The van der Waals surface area contributed by atoms with Crippen LogP contribution in [0.5, 0.6) is 0 Å². The van der Waals surface area contributed by atoms with E-state index in [4.69, 9.17) is 0 Å². The number of carbonyl (C=O) groups is 1. The van der Waals surface area contributed by atoms with E-state index in [2.05, 4.69) is 30.1 Å². The zero-order valence-electron chi connectivity index (χ0n) is 16.2. The van der Waals surface area contributed by atoms with Gasteiger partial charge in [0.2, 0.25) is 0 Å². The number of benzene rings is 3. The molecule has 1 atom stereocenters. The lowest BCUT2D eigenvalue weighted by Gasteiger charge is -2.35. The molecule has 1 aliphatic heterocycles. The lowest BCUT2D eigenvalue weighted by atomic mass is 9.93. The van der Waals surface area contributed by atoms with Crippen LogP contribution < -0.4 is 4.90 Å². The molecule has 143 valence electrons. The molecule has 3 aromatic carbocycles. The first-order valence-electron chi connectivity index (χ1n) is 9.63. The Kier molecular flexibility index (Phi) is 3.83. The van der Waals surface area contributed by atoms with Crippen molar-refractivity contribution in [3.8, 4) is 0 Å². The second kappa shape index (κ2) is 6.29. The molecular weight excluding hydrogens is 362 g/mol. The molecule has 0 aliphatic carbocycles. The number of anilines is 1. The highest BCUT2D eigenvalue weighted by Crippen LogP contribution is 2.45. The van der Waals surface area contributed by atoms with E-state index in [1.165, 1.54) is 4.90 Å². The number of nitrogens with one attached hydrogen (secondary N) is 1. The molecule has 4 aromatic rings. The van der Waals surface area contributed by atoms with Gasteiger partial charge in [-0.1, -0.05) is 50.2 Å². The number of carbonyl (C=O) groups excluding carboxylic acids is 1. The van der Waals surface area contributed by atoms with Crippen LogP contribution >= 0.6 is 0 Å². The van der Waals surface area contributed by atoms with Crippen molar-refractivity contribution in [3.63, 3.8) is 0 Å². The van der Waals surface area contributed by atoms with Gasteiger partial charge in [-0.2, -0.15) is 0 Å². The standard InChI is InChI=1S/C24H20N3O2/c1-15(2)16-6-5-7-18(12-16)27-23(28)19-8-3-4-9-20(19)24(27,29)17-10-11-21-22(13-17)26-14-25-21/h3-13,15,29H,1-2H3,(H,25,26). The minimum Gasteiger partial charge on any atom is -0.363 e. The maximum absolute atomic E-state index is 13.4. The number of imidazole rings is 1. The molecule has 0 bridgehead atoms. The van der Waals surface area contributed by atoms with Crippen LogP contribution in [-0.2, 0) is 5.72 Å². The Bertz CT molecular complexity index is 1240. The number of aliphatic hydroxyl groups is 1. The van der Waals surface area contributed by atoms with Gasteiger partial charge in [-0.3, -0.25) is 9.69 Å². The van der Waals surface area contributed by atoms with Crippen molar-refractivity contribution in [3.05, 3.63) is 95.3 Å². The van der Waals surface area contributed by atoms with Crippen LogP contribution in [0.15, 0.2) is 66.7 Å². The lowest BCUT2D eigenvalue weighted by molar-refractivity contribution is 0.0704. The molecule has 2 N–H and O–H groups in total. The first-order chi connectivity index (χ1) is 14.0. The highest BCUT2D eigenvalue weighted by molar-refractivity contribution is 6.12. The minimum absolute atomic E-state index is 0.224. The second-order valence-electron chi connectivity index (χ2n) is 7.69.